The Balaban J connectivity index is 1.39. The van der Waals surface area contributed by atoms with E-state index in [1.165, 1.54) is 0 Å². The van der Waals surface area contributed by atoms with Crippen LogP contribution >= 0.6 is 0 Å². The zero-order valence-electron chi connectivity index (χ0n) is 18.4. The zero-order chi connectivity index (χ0) is 21.8. The summed E-state index contributed by atoms with van der Waals surface area (Å²) < 4.78 is 5.77. The quantitative estimate of drug-likeness (QED) is 0.718. The molecule has 4 rings (SSSR count). The van der Waals surface area contributed by atoms with Gasteiger partial charge in [0.1, 0.15) is 5.75 Å². The van der Waals surface area contributed by atoms with Crippen molar-refractivity contribution in [3.05, 3.63) is 54.1 Å². The van der Waals surface area contributed by atoms with Crippen LogP contribution < -0.4 is 14.5 Å². The summed E-state index contributed by atoms with van der Waals surface area (Å²) in [5, 5.41) is 0. The second-order valence-corrected chi connectivity index (χ2v) is 8.10. The Bertz CT molecular complexity index is 937. The van der Waals surface area contributed by atoms with Crippen LogP contribution in [0.3, 0.4) is 0 Å². The third-order valence-electron chi connectivity index (χ3n) is 6.23. The van der Waals surface area contributed by atoms with Gasteiger partial charge in [0.2, 0.25) is 11.8 Å². The molecule has 2 fully saturated rings. The number of anilines is 2. The largest absolute Gasteiger partial charge is 0.492 e. The van der Waals surface area contributed by atoms with Gasteiger partial charge in [0.05, 0.1) is 18.2 Å². The lowest BCUT2D eigenvalue weighted by Crippen LogP contribution is -2.50. The van der Waals surface area contributed by atoms with Crippen LogP contribution in [0.5, 0.6) is 5.75 Å². The van der Waals surface area contributed by atoms with Gasteiger partial charge >= 0.3 is 0 Å². The summed E-state index contributed by atoms with van der Waals surface area (Å²) in [6, 6.07) is 16.0. The van der Waals surface area contributed by atoms with Crippen molar-refractivity contribution >= 4 is 23.2 Å². The molecule has 0 unspecified atom stereocenters. The highest BCUT2D eigenvalue weighted by Crippen LogP contribution is 2.31. The van der Waals surface area contributed by atoms with E-state index in [0.717, 1.165) is 42.2 Å². The average molecular weight is 422 g/mol. The van der Waals surface area contributed by atoms with Crippen LogP contribution in [0.15, 0.2) is 48.5 Å². The molecule has 2 amide bonds. The van der Waals surface area contributed by atoms with Crippen molar-refractivity contribution < 1.29 is 14.3 Å². The fraction of sp³-hybridized carbons (Fsp3) is 0.440. The van der Waals surface area contributed by atoms with Crippen molar-refractivity contribution in [3.63, 3.8) is 0 Å². The maximum atomic E-state index is 13.2. The van der Waals surface area contributed by atoms with Crippen molar-refractivity contribution in [3.8, 4) is 5.75 Å². The van der Waals surface area contributed by atoms with Crippen LogP contribution in [0, 0.1) is 5.92 Å². The van der Waals surface area contributed by atoms with Crippen LogP contribution in [0.4, 0.5) is 11.4 Å². The van der Waals surface area contributed by atoms with E-state index in [1.807, 2.05) is 48.2 Å². The van der Waals surface area contributed by atoms with Gasteiger partial charge in [0, 0.05) is 44.8 Å². The second-order valence-electron chi connectivity index (χ2n) is 8.10. The third kappa shape index (κ3) is 4.38. The van der Waals surface area contributed by atoms with Crippen molar-refractivity contribution in [2.45, 2.75) is 26.7 Å². The molecule has 2 aromatic carbocycles. The van der Waals surface area contributed by atoms with Crippen LogP contribution in [0.25, 0.3) is 0 Å². The number of carbonyl (C=O) groups excluding carboxylic acids is 2. The van der Waals surface area contributed by atoms with Crippen molar-refractivity contribution in [2.24, 2.45) is 5.92 Å². The number of hydrogen-bond donors (Lipinski definition) is 0. The maximum Gasteiger partial charge on any atom is 0.228 e. The Kier molecular flexibility index (Phi) is 6.44. The second kappa shape index (κ2) is 9.41. The average Bonchev–Trinajstić information content (AvgIpc) is 3.20. The molecule has 6 heteroatoms. The number of amides is 2. The van der Waals surface area contributed by atoms with E-state index in [9.17, 15) is 9.59 Å². The third-order valence-corrected chi connectivity index (χ3v) is 6.23. The Morgan fingerprint density at radius 1 is 0.968 bits per heavy atom. The standard InChI is InChI=1S/C25H31N3O3/c1-3-19-9-5-6-10-21(19)28-18-20(17-24(28)29)25(30)27-15-13-26(14-16-27)22-11-7-8-12-23(22)31-4-2/h5-12,20H,3-4,13-18H2,1-2H3/t20-/m1/s1. The van der Waals surface area contributed by atoms with Gasteiger partial charge in [-0.15, -0.1) is 0 Å². The molecule has 0 radical (unpaired) electrons. The Hall–Kier alpha value is -3.02. The molecule has 0 aliphatic carbocycles. The normalized spacial score (nSPS) is 19.1. The molecule has 31 heavy (non-hydrogen) atoms. The van der Waals surface area contributed by atoms with Gasteiger partial charge in [-0.3, -0.25) is 9.59 Å². The van der Waals surface area contributed by atoms with Crippen LogP contribution in [-0.2, 0) is 16.0 Å². The predicted molar refractivity (Wildman–Crippen MR) is 123 cm³/mol. The van der Waals surface area contributed by atoms with E-state index < -0.39 is 0 Å². The fourth-order valence-electron chi connectivity index (χ4n) is 4.60. The van der Waals surface area contributed by atoms with E-state index in [0.29, 0.717) is 32.7 Å². The Morgan fingerprint density at radius 3 is 2.35 bits per heavy atom. The van der Waals surface area contributed by atoms with E-state index >= 15 is 0 Å². The molecule has 2 aromatic rings. The minimum absolute atomic E-state index is 0.0449. The predicted octanol–water partition coefficient (Wildman–Crippen LogP) is 3.35. The van der Waals surface area contributed by atoms with Crippen molar-refractivity contribution in [2.75, 3.05) is 49.1 Å². The molecule has 2 aliphatic heterocycles. The summed E-state index contributed by atoms with van der Waals surface area (Å²) in [6.45, 7) is 8.03. The van der Waals surface area contributed by atoms with Gasteiger partial charge in [0.15, 0.2) is 0 Å². The molecule has 0 spiro atoms. The van der Waals surface area contributed by atoms with E-state index in [1.54, 1.807) is 4.90 Å². The molecule has 2 aliphatic rings. The van der Waals surface area contributed by atoms with Gasteiger partial charge in [-0.25, -0.2) is 0 Å². The summed E-state index contributed by atoms with van der Waals surface area (Å²) in [6.07, 6.45) is 1.16. The van der Waals surface area contributed by atoms with Gasteiger partial charge in [-0.05, 0) is 37.1 Å². The highest BCUT2D eigenvalue weighted by atomic mass is 16.5. The highest BCUT2D eigenvalue weighted by molar-refractivity contribution is 6.00. The molecule has 1 atom stereocenters. The Morgan fingerprint density at radius 2 is 1.65 bits per heavy atom. The number of carbonyl (C=O) groups is 2. The number of nitrogens with zero attached hydrogens (tertiary/aromatic N) is 3. The maximum absolute atomic E-state index is 13.2. The van der Waals surface area contributed by atoms with Crippen LogP contribution in [-0.4, -0.2) is 56.0 Å². The molecular weight excluding hydrogens is 390 g/mol. The molecule has 0 N–H and O–H groups in total. The number of para-hydroxylation sites is 3. The lowest BCUT2D eigenvalue weighted by atomic mass is 10.1. The lowest BCUT2D eigenvalue weighted by molar-refractivity contribution is -0.136. The number of ether oxygens (including phenoxy) is 1. The first-order chi connectivity index (χ1) is 15.1. The van der Waals surface area contributed by atoms with Crippen molar-refractivity contribution in [1.82, 2.24) is 4.90 Å². The summed E-state index contributed by atoms with van der Waals surface area (Å²) in [4.78, 5) is 31.9. The van der Waals surface area contributed by atoms with E-state index in [2.05, 4.69) is 24.0 Å². The van der Waals surface area contributed by atoms with E-state index in [-0.39, 0.29) is 17.7 Å². The fourth-order valence-corrected chi connectivity index (χ4v) is 4.60. The van der Waals surface area contributed by atoms with Gasteiger partial charge < -0.3 is 19.4 Å². The molecular formula is C25H31N3O3. The molecule has 164 valence electrons. The molecule has 0 bridgehead atoms. The molecule has 2 saturated heterocycles. The summed E-state index contributed by atoms with van der Waals surface area (Å²) in [5.74, 6) is 0.766. The SMILES string of the molecule is CCOc1ccccc1N1CCN(C(=O)[C@@H]2CC(=O)N(c3ccccc3CC)C2)CC1. The minimum atomic E-state index is -0.264. The Labute approximate surface area is 184 Å². The number of benzene rings is 2. The first kappa shape index (κ1) is 21.2. The van der Waals surface area contributed by atoms with E-state index in [4.69, 9.17) is 4.74 Å². The topological polar surface area (TPSA) is 53.1 Å². The monoisotopic (exact) mass is 421 g/mol. The van der Waals surface area contributed by atoms with Gasteiger partial charge in [-0.1, -0.05) is 37.3 Å². The number of rotatable bonds is 6. The highest BCUT2D eigenvalue weighted by Gasteiger charge is 2.38. The molecule has 6 nitrogen and oxygen atoms in total. The molecule has 2 heterocycles. The van der Waals surface area contributed by atoms with Crippen molar-refractivity contribution in [1.29, 1.82) is 0 Å². The number of aryl methyl sites for hydroxylation is 1. The smallest absolute Gasteiger partial charge is 0.228 e. The summed E-state index contributed by atoms with van der Waals surface area (Å²) in [5.41, 5.74) is 3.17. The molecule has 0 saturated carbocycles. The molecule has 0 aromatic heterocycles. The van der Waals surface area contributed by atoms with Crippen LogP contribution in [0.2, 0.25) is 0 Å². The number of hydrogen-bond acceptors (Lipinski definition) is 4. The summed E-state index contributed by atoms with van der Waals surface area (Å²) in [7, 11) is 0. The van der Waals surface area contributed by atoms with Gasteiger partial charge in [0.25, 0.3) is 0 Å². The van der Waals surface area contributed by atoms with Gasteiger partial charge in [-0.2, -0.15) is 0 Å². The summed E-state index contributed by atoms with van der Waals surface area (Å²) >= 11 is 0. The van der Waals surface area contributed by atoms with Crippen LogP contribution in [0.1, 0.15) is 25.8 Å². The first-order valence-corrected chi connectivity index (χ1v) is 11.3. The number of piperazine rings is 1. The minimum Gasteiger partial charge on any atom is -0.492 e. The zero-order valence-corrected chi connectivity index (χ0v) is 18.4. The first-order valence-electron chi connectivity index (χ1n) is 11.3. The lowest BCUT2D eigenvalue weighted by Gasteiger charge is -2.37.